The number of hydrogen-bond acceptors (Lipinski definition) is 7. The number of aromatic nitrogens is 2. The van der Waals surface area contributed by atoms with Gasteiger partial charge in [0, 0.05) is 11.8 Å². The minimum absolute atomic E-state index is 0.0163. The monoisotopic (exact) mass is 695 g/mol. The van der Waals surface area contributed by atoms with E-state index in [2.05, 4.69) is 63.6 Å². The van der Waals surface area contributed by atoms with E-state index in [1.54, 1.807) is 19.4 Å². The Kier molecular flexibility index (Phi) is 9.26. The summed E-state index contributed by atoms with van der Waals surface area (Å²) >= 11 is 1.48. The number of aliphatic carboxylic acids is 1. The van der Waals surface area contributed by atoms with Gasteiger partial charge in [0.05, 0.1) is 18.4 Å². The number of fused-ring (bicyclic) bond motifs is 7. The molecule has 1 aromatic rings. The molecule has 0 saturated heterocycles. The third-order valence-corrected chi connectivity index (χ3v) is 16.7. The van der Waals surface area contributed by atoms with E-state index in [-0.39, 0.29) is 45.5 Å². The molecule has 272 valence electrons. The van der Waals surface area contributed by atoms with Gasteiger partial charge < -0.3 is 15.2 Å². The molecule has 10 atom stereocenters. The highest BCUT2D eigenvalue weighted by atomic mass is 32.1. The Morgan fingerprint density at radius 3 is 2.37 bits per heavy atom. The van der Waals surface area contributed by atoms with Gasteiger partial charge in [0.25, 0.3) is 0 Å². The molecular weight excluding hydrogens is 635 g/mol. The molecule has 49 heavy (non-hydrogen) atoms. The second-order valence-corrected chi connectivity index (χ2v) is 20.0. The van der Waals surface area contributed by atoms with Gasteiger partial charge in [-0.25, -0.2) is 0 Å². The number of carbonyl (C=O) groups excluding carboxylic acids is 2. The Morgan fingerprint density at radius 2 is 1.71 bits per heavy atom. The van der Waals surface area contributed by atoms with Crippen LogP contribution in [0.15, 0.2) is 17.7 Å². The van der Waals surface area contributed by atoms with Crippen LogP contribution in [0.4, 0.5) is 0 Å². The number of esters is 1. The molecule has 6 rings (SSSR count). The van der Waals surface area contributed by atoms with Gasteiger partial charge in [-0.15, -0.1) is 21.5 Å². The summed E-state index contributed by atoms with van der Waals surface area (Å²) in [4.78, 5) is 38.3. The zero-order chi connectivity index (χ0) is 35.8. The molecule has 0 bridgehead atoms. The summed E-state index contributed by atoms with van der Waals surface area (Å²) in [5, 5.41) is 21.7. The van der Waals surface area contributed by atoms with E-state index in [1.807, 2.05) is 0 Å². The minimum atomic E-state index is -1.14. The Bertz CT molecular complexity index is 1470. The standard InChI is InChI=1S/C40H61N3O5S/c1-24(2)25-12-17-40(20-30(44)41-22-31-43-42-23-49-31)19-18-38(8)26(33(25)40)10-11-28-37(7)15-14-29(48-32(45)21-35(3,4)34(46)47)36(5,6)27(37)13-16-39(28,38)9/h23,25-29,33H,1,10-22H2,2-9H3,(H,41,44)(H,46,47)/t25-,26?,27-,28+,29?,33+,37?,38+,39+,40+/m0/s1. The first-order chi connectivity index (χ1) is 22.8. The Balaban J connectivity index is 1.23. The highest BCUT2D eigenvalue weighted by molar-refractivity contribution is 7.09. The van der Waals surface area contributed by atoms with Gasteiger partial charge in [0.15, 0.2) is 0 Å². The topological polar surface area (TPSA) is 118 Å². The smallest absolute Gasteiger partial charge is 0.309 e. The van der Waals surface area contributed by atoms with E-state index in [1.165, 1.54) is 36.2 Å². The van der Waals surface area contributed by atoms with Gasteiger partial charge in [-0.2, -0.15) is 0 Å². The van der Waals surface area contributed by atoms with Gasteiger partial charge in [0.1, 0.15) is 16.6 Å². The molecule has 3 unspecified atom stereocenters. The molecule has 5 saturated carbocycles. The summed E-state index contributed by atoms with van der Waals surface area (Å²) < 4.78 is 6.17. The second-order valence-electron chi connectivity index (χ2n) is 19.0. The Morgan fingerprint density at radius 1 is 0.980 bits per heavy atom. The number of nitrogens with zero attached hydrogens (tertiary/aromatic N) is 2. The van der Waals surface area contributed by atoms with Crippen molar-refractivity contribution in [3.05, 3.63) is 22.7 Å². The average molecular weight is 696 g/mol. The van der Waals surface area contributed by atoms with Crippen LogP contribution in [-0.4, -0.2) is 39.3 Å². The SMILES string of the molecule is C=C(C)[C@@H]1CC[C@]2(CC(=O)NCc3nncs3)CC[C@]3(C)C(CC[C@@H]4C5(C)CCC(OC(=O)CC(C)(C)C(=O)O)C(C)(C)[C@@H]5CC[C@]43C)[C@@H]12. The quantitative estimate of drug-likeness (QED) is 0.196. The molecule has 0 spiro atoms. The maximum absolute atomic E-state index is 13.6. The maximum Gasteiger partial charge on any atom is 0.309 e. The number of carbonyl (C=O) groups is 3. The van der Waals surface area contributed by atoms with Crippen molar-refractivity contribution < 1.29 is 24.2 Å². The van der Waals surface area contributed by atoms with E-state index in [4.69, 9.17) is 4.74 Å². The largest absolute Gasteiger partial charge is 0.481 e. The highest BCUT2D eigenvalue weighted by Gasteiger charge is 2.71. The lowest BCUT2D eigenvalue weighted by Crippen LogP contribution is -2.67. The van der Waals surface area contributed by atoms with Crippen molar-refractivity contribution in [1.29, 1.82) is 0 Å². The predicted molar refractivity (Wildman–Crippen MR) is 191 cm³/mol. The molecule has 5 aliphatic rings. The van der Waals surface area contributed by atoms with E-state index >= 15 is 0 Å². The lowest BCUT2D eigenvalue weighted by atomic mass is 9.32. The summed E-state index contributed by atoms with van der Waals surface area (Å²) in [5.41, 5.74) is 2.16. The first-order valence-corrected chi connectivity index (χ1v) is 19.8. The third-order valence-electron chi connectivity index (χ3n) is 16.0. The molecule has 1 heterocycles. The van der Waals surface area contributed by atoms with Crippen LogP contribution in [0, 0.1) is 62.1 Å². The number of carboxylic acid groups (broad SMARTS) is 1. The molecule has 1 amide bonds. The van der Waals surface area contributed by atoms with E-state index in [9.17, 15) is 19.5 Å². The third kappa shape index (κ3) is 5.80. The number of ether oxygens (including phenoxy) is 1. The zero-order valence-corrected chi connectivity index (χ0v) is 32.1. The van der Waals surface area contributed by atoms with Crippen molar-refractivity contribution in [2.24, 2.45) is 62.1 Å². The van der Waals surface area contributed by atoms with Gasteiger partial charge in [-0.1, -0.05) is 46.8 Å². The van der Waals surface area contributed by atoms with Crippen molar-refractivity contribution in [2.75, 3.05) is 0 Å². The van der Waals surface area contributed by atoms with Crippen molar-refractivity contribution in [3.8, 4) is 0 Å². The number of nitrogens with one attached hydrogen (secondary N) is 1. The number of allylic oxidation sites excluding steroid dienone is 1. The van der Waals surface area contributed by atoms with E-state index in [0.29, 0.717) is 42.6 Å². The van der Waals surface area contributed by atoms with Crippen LogP contribution in [0.3, 0.4) is 0 Å². The molecule has 2 N–H and O–H groups in total. The van der Waals surface area contributed by atoms with E-state index < -0.39 is 17.4 Å². The Hall–Kier alpha value is -2.29. The minimum Gasteiger partial charge on any atom is -0.481 e. The van der Waals surface area contributed by atoms with Gasteiger partial charge in [-0.05, 0) is 136 Å². The molecule has 5 aliphatic carbocycles. The number of carboxylic acids is 1. The fraction of sp³-hybridized carbons (Fsp3) is 0.825. The van der Waals surface area contributed by atoms with Crippen LogP contribution in [-0.2, 0) is 25.7 Å². The number of amides is 1. The summed E-state index contributed by atoms with van der Waals surface area (Å²) in [7, 11) is 0. The fourth-order valence-corrected chi connectivity index (χ4v) is 13.7. The van der Waals surface area contributed by atoms with Crippen LogP contribution in [0.1, 0.15) is 137 Å². The van der Waals surface area contributed by atoms with Crippen LogP contribution in [0.25, 0.3) is 0 Å². The van der Waals surface area contributed by atoms with Gasteiger partial charge in [0.2, 0.25) is 5.91 Å². The van der Waals surface area contributed by atoms with Crippen LogP contribution < -0.4 is 5.32 Å². The molecule has 8 nitrogen and oxygen atoms in total. The number of rotatable bonds is 9. The molecule has 9 heteroatoms. The van der Waals surface area contributed by atoms with Crippen molar-refractivity contribution >= 4 is 29.2 Å². The summed E-state index contributed by atoms with van der Waals surface area (Å²) in [6, 6.07) is 0. The summed E-state index contributed by atoms with van der Waals surface area (Å²) in [6.07, 6.45) is 11.3. The highest BCUT2D eigenvalue weighted by Crippen LogP contribution is 2.78. The second kappa shape index (κ2) is 12.4. The summed E-state index contributed by atoms with van der Waals surface area (Å²) in [6.45, 7) is 22.8. The van der Waals surface area contributed by atoms with Gasteiger partial charge in [-0.3, -0.25) is 14.4 Å². The molecular formula is C40H61N3O5S. The molecule has 0 aromatic carbocycles. The summed E-state index contributed by atoms with van der Waals surface area (Å²) in [5.74, 6) is 1.27. The maximum atomic E-state index is 13.6. The number of hydrogen-bond donors (Lipinski definition) is 2. The van der Waals surface area contributed by atoms with Crippen LogP contribution >= 0.6 is 11.3 Å². The zero-order valence-electron chi connectivity index (χ0n) is 31.3. The molecule has 0 aliphatic heterocycles. The van der Waals surface area contributed by atoms with E-state index in [0.717, 1.165) is 50.0 Å². The molecule has 0 radical (unpaired) electrons. The van der Waals surface area contributed by atoms with Crippen molar-refractivity contribution in [3.63, 3.8) is 0 Å². The van der Waals surface area contributed by atoms with Crippen LogP contribution in [0.2, 0.25) is 0 Å². The normalized spacial score (nSPS) is 41.0. The Labute approximate surface area is 298 Å². The average Bonchev–Trinajstić information content (AvgIpc) is 3.66. The van der Waals surface area contributed by atoms with Gasteiger partial charge >= 0.3 is 11.9 Å². The van der Waals surface area contributed by atoms with Crippen LogP contribution in [0.5, 0.6) is 0 Å². The lowest BCUT2D eigenvalue weighted by molar-refractivity contribution is -0.250. The van der Waals surface area contributed by atoms with Crippen molar-refractivity contribution in [1.82, 2.24) is 15.5 Å². The molecule has 1 aromatic heterocycles. The van der Waals surface area contributed by atoms with Crippen molar-refractivity contribution in [2.45, 2.75) is 145 Å². The first-order valence-electron chi connectivity index (χ1n) is 18.9. The first kappa shape index (κ1) is 36.5. The fourth-order valence-electron chi connectivity index (χ4n) is 13.2. The predicted octanol–water partition coefficient (Wildman–Crippen LogP) is 8.61. The molecule has 5 fully saturated rings. The lowest BCUT2D eigenvalue weighted by Gasteiger charge is -2.73.